The first kappa shape index (κ1) is 15.5. The molecule has 0 amide bonds. The highest BCUT2D eigenvalue weighted by Gasteiger charge is 2.24. The second-order valence-electron chi connectivity index (χ2n) is 4.26. The molecule has 18 heavy (non-hydrogen) atoms. The molecule has 7 heteroatoms. The van der Waals surface area contributed by atoms with Crippen LogP contribution in [0.1, 0.15) is 6.92 Å². The summed E-state index contributed by atoms with van der Waals surface area (Å²) in [5.41, 5.74) is 0. The molecule has 1 aromatic carbocycles. The van der Waals surface area contributed by atoms with Crippen molar-refractivity contribution in [1.29, 1.82) is 0 Å². The molecule has 0 saturated heterocycles. The maximum atomic E-state index is 12.1. The summed E-state index contributed by atoms with van der Waals surface area (Å²) in [5, 5.41) is 0. The van der Waals surface area contributed by atoms with Crippen LogP contribution in [0.3, 0.4) is 0 Å². The fraction of sp³-hybridized carbons (Fsp3) is 0.455. The van der Waals surface area contributed by atoms with Crippen LogP contribution in [0.4, 0.5) is 0 Å². The van der Waals surface area contributed by atoms with Crippen LogP contribution in [0, 0.1) is 5.92 Å². The highest BCUT2D eigenvalue weighted by atomic mass is 35.5. The number of rotatable bonds is 5. The van der Waals surface area contributed by atoms with Gasteiger partial charge in [-0.05, 0) is 18.1 Å². The SMILES string of the molecule is CC(CCl)CS(=O)(=O)c1ccccc1S(C)(=O)=O. The van der Waals surface area contributed by atoms with Gasteiger partial charge in [-0.15, -0.1) is 11.6 Å². The largest absolute Gasteiger partial charge is 0.224 e. The van der Waals surface area contributed by atoms with E-state index in [0.29, 0.717) is 0 Å². The zero-order valence-corrected chi connectivity index (χ0v) is 12.5. The number of sulfone groups is 2. The van der Waals surface area contributed by atoms with Gasteiger partial charge in [-0.2, -0.15) is 0 Å². The van der Waals surface area contributed by atoms with Gasteiger partial charge in [-0.3, -0.25) is 0 Å². The van der Waals surface area contributed by atoms with Crippen LogP contribution in [-0.2, 0) is 19.7 Å². The van der Waals surface area contributed by atoms with Gasteiger partial charge >= 0.3 is 0 Å². The average molecular weight is 311 g/mol. The molecule has 0 radical (unpaired) electrons. The lowest BCUT2D eigenvalue weighted by Crippen LogP contribution is -2.17. The Morgan fingerprint density at radius 1 is 1.11 bits per heavy atom. The first-order valence-electron chi connectivity index (χ1n) is 5.26. The molecule has 0 spiro atoms. The zero-order valence-electron chi connectivity index (χ0n) is 10.1. The molecule has 0 fully saturated rings. The molecular formula is C11H15ClO4S2. The summed E-state index contributed by atoms with van der Waals surface area (Å²) in [5.74, 6) is -0.187. The maximum Gasteiger partial charge on any atom is 0.179 e. The van der Waals surface area contributed by atoms with E-state index in [1.165, 1.54) is 24.3 Å². The summed E-state index contributed by atoms with van der Waals surface area (Å²) in [7, 11) is -7.22. The van der Waals surface area contributed by atoms with Gasteiger partial charge in [0.05, 0.1) is 15.5 Å². The minimum atomic E-state index is -3.65. The van der Waals surface area contributed by atoms with Crippen LogP contribution in [-0.4, -0.2) is 34.7 Å². The normalized spacial score (nSPS) is 14.4. The molecule has 0 aromatic heterocycles. The topological polar surface area (TPSA) is 68.3 Å². The third-order valence-electron chi connectivity index (χ3n) is 2.35. The van der Waals surface area contributed by atoms with E-state index in [2.05, 4.69) is 0 Å². The predicted molar refractivity (Wildman–Crippen MR) is 71.5 cm³/mol. The summed E-state index contributed by atoms with van der Waals surface area (Å²) in [6.07, 6.45) is 0.992. The number of halogens is 1. The van der Waals surface area contributed by atoms with Crippen molar-refractivity contribution in [3.63, 3.8) is 0 Å². The van der Waals surface area contributed by atoms with E-state index in [4.69, 9.17) is 11.6 Å². The van der Waals surface area contributed by atoms with Crippen LogP contribution < -0.4 is 0 Å². The van der Waals surface area contributed by atoms with E-state index >= 15 is 0 Å². The number of hydrogen-bond acceptors (Lipinski definition) is 4. The van der Waals surface area contributed by atoms with Gasteiger partial charge in [0.15, 0.2) is 19.7 Å². The van der Waals surface area contributed by atoms with Gasteiger partial charge < -0.3 is 0 Å². The molecule has 1 unspecified atom stereocenters. The van der Waals surface area contributed by atoms with Crippen molar-refractivity contribution in [2.24, 2.45) is 5.92 Å². The van der Waals surface area contributed by atoms with E-state index in [9.17, 15) is 16.8 Å². The standard InChI is InChI=1S/C11H15ClO4S2/c1-9(7-12)8-18(15,16)11-6-4-3-5-10(11)17(2,13)14/h3-6,9H,7-8H2,1-2H3. The Morgan fingerprint density at radius 2 is 1.61 bits per heavy atom. The van der Waals surface area contributed by atoms with Crippen molar-refractivity contribution in [3.8, 4) is 0 Å². The minimum absolute atomic E-state index is 0.149. The monoisotopic (exact) mass is 310 g/mol. The van der Waals surface area contributed by atoms with E-state index in [0.717, 1.165) is 6.26 Å². The fourth-order valence-electron chi connectivity index (χ4n) is 1.52. The van der Waals surface area contributed by atoms with Crippen molar-refractivity contribution >= 4 is 31.3 Å². The number of benzene rings is 1. The Morgan fingerprint density at radius 3 is 2.06 bits per heavy atom. The Labute approximate surface area is 113 Å². The van der Waals surface area contributed by atoms with Crippen LogP contribution in [0.2, 0.25) is 0 Å². The van der Waals surface area contributed by atoms with Crippen LogP contribution in [0.25, 0.3) is 0 Å². The van der Waals surface area contributed by atoms with Gasteiger partial charge in [-0.25, -0.2) is 16.8 Å². The van der Waals surface area contributed by atoms with Gasteiger partial charge in [0, 0.05) is 12.1 Å². The third kappa shape index (κ3) is 3.70. The number of hydrogen-bond donors (Lipinski definition) is 0. The lowest BCUT2D eigenvalue weighted by Gasteiger charge is -2.11. The van der Waals surface area contributed by atoms with Gasteiger partial charge in [0.25, 0.3) is 0 Å². The molecule has 0 heterocycles. The third-order valence-corrected chi connectivity index (χ3v) is 6.20. The first-order valence-corrected chi connectivity index (χ1v) is 9.34. The molecular weight excluding hydrogens is 296 g/mol. The van der Waals surface area contributed by atoms with Gasteiger partial charge in [0.1, 0.15) is 0 Å². The second kappa shape index (κ2) is 5.59. The average Bonchev–Trinajstić information content (AvgIpc) is 2.27. The lowest BCUT2D eigenvalue weighted by atomic mass is 10.3. The highest BCUT2D eigenvalue weighted by Crippen LogP contribution is 2.23. The van der Waals surface area contributed by atoms with Gasteiger partial charge in [0.2, 0.25) is 0 Å². The van der Waals surface area contributed by atoms with Crippen LogP contribution in [0.15, 0.2) is 34.1 Å². The first-order chi connectivity index (χ1) is 8.18. The molecule has 0 bridgehead atoms. The fourth-order valence-corrected chi connectivity index (χ4v) is 5.06. The van der Waals surface area contributed by atoms with E-state index in [-0.39, 0.29) is 27.3 Å². The van der Waals surface area contributed by atoms with E-state index in [1.54, 1.807) is 6.92 Å². The number of alkyl halides is 1. The molecule has 0 N–H and O–H groups in total. The maximum absolute atomic E-state index is 12.1. The molecule has 0 aliphatic carbocycles. The smallest absolute Gasteiger partial charge is 0.179 e. The Bertz CT molecular complexity index is 620. The van der Waals surface area contributed by atoms with Crippen LogP contribution in [0.5, 0.6) is 0 Å². The second-order valence-corrected chi connectivity index (χ2v) is 8.56. The quantitative estimate of drug-likeness (QED) is 0.777. The molecule has 1 atom stereocenters. The summed E-state index contributed by atoms with van der Waals surface area (Å²) in [4.78, 5) is -0.309. The Hall–Kier alpha value is -0.590. The van der Waals surface area contributed by atoms with E-state index in [1.807, 2.05) is 0 Å². The molecule has 1 aromatic rings. The highest BCUT2D eigenvalue weighted by molar-refractivity contribution is 7.94. The van der Waals surface area contributed by atoms with Crippen molar-refractivity contribution < 1.29 is 16.8 Å². The summed E-state index contributed by atoms with van der Waals surface area (Å²) < 4.78 is 47.4. The molecule has 1 rings (SSSR count). The summed E-state index contributed by atoms with van der Waals surface area (Å²) in [6, 6.07) is 5.62. The van der Waals surface area contributed by atoms with Crippen molar-refractivity contribution in [2.75, 3.05) is 17.9 Å². The lowest BCUT2D eigenvalue weighted by molar-refractivity contribution is 0.576. The van der Waals surface area contributed by atoms with Gasteiger partial charge in [-0.1, -0.05) is 19.1 Å². The molecule has 0 aliphatic rings. The molecule has 4 nitrogen and oxygen atoms in total. The molecule has 102 valence electrons. The summed E-state index contributed by atoms with van der Waals surface area (Å²) in [6.45, 7) is 1.70. The molecule has 0 aliphatic heterocycles. The van der Waals surface area contributed by atoms with Crippen LogP contribution >= 0.6 is 11.6 Å². The van der Waals surface area contributed by atoms with Crippen molar-refractivity contribution in [1.82, 2.24) is 0 Å². The zero-order chi connectivity index (χ0) is 14.0. The van der Waals surface area contributed by atoms with Crippen molar-refractivity contribution in [3.05, 3.63) is 24.3 Å². The van der Waals surface area contributed by atoms with E-state index < -0.39 is 19.7 Å². The minimum Gasteiger partial charge on any atom is -0.224 e. The predicted octanol–water partition coefficient (Wildman–Crippen LogP) is 1.74. The summed E-state index contributed by atoms with van der Waals surface area (Å²) >= 11 is 5.59. The Kier molecular flexibility index (Phi) is 4.80. The van der Waals surface area contributed by atoms with Crippen molar-refractivity contribution in [2.45, 2.75) is 16.7 Å². The Balaban J connectivity index is 3.34. The molecule has 0 saturated carbocycles.